The third kappa shape index (κ3) is 36.6. The minimum absolute atomic E-state index is 0.175. The highest BCUT2D eigenvalue weighted by atomic mass is 31.2. The van der Waals surface area contributed by atoms with Crippen molar-refractivity contribution in [1.29, 1.82) is 0 Å². The average molecular weight is 747 g/mol. The lowest BCUT2D eigenvalue weighted by Crippen LogP contribution is -2.29. The Morgan fingerprint density at radius 1 is 0.569 bits per heavy atom. The summed E-state index contributed by atoms with van der Waals surface area (Å²) < 4.78 is 32.6. The fourth-order valence-corrected chi connectivity index (χ4v) is 6.18. The third-order valence-electron chi connectivity index (χ3n) is 8.58. The highest BCUT2D eigenvalue weighted by Gasteiger charge is 2.27. The van der Waals surface area contributed by atoms with Gasteiger partial charge in [0.2, 0.25) is 0 Å². The lowest BCUT2D eigenvalue weighted by Gasteiger charge is -2.20. The summed E-state index contributed by atoms with van der Waals surface area (Å²) in [5, 5.41) is 18.3. The Morgan fingerprint density at radius 2 is 0.961 bits per heavy atom. The van der Waals surface area contributed by atoms with Crippen LogP contribution in [0.1, 0.15) is 181 Å². The van der Waals surface area contributed by atoms with Crippen LogP contribution in [0.5, 0.6) is 0 Å². The zero-order chi connectivity index (χ0) is 37.7. The maximum atomic E-state index is 12.6. The molecule has 0 saturated carbocycles. The van der Waals surface area contributed by atoms with Gasteiger partial charge in [-0.15, -0.1) is 0 Å². The second-order valence-electron chi connectivity index (χ2n) is 13.7. The van der Waals surface area contributed by atoms with Crippen molar-refractivity contribution in [2.75, 3.05) is 26.4 Å². The number of carbonyl (C=O) groups excluding carboxylic acids is 2. The molecule has 0 fully saturated rings. The van der Waals surface area contributed by atoms with Crippen LogP contribution < -0.4 is 0 Å². The number of hydrogen-bond donors (Lipinski definition) is 3. The molecule has 0 aromatic heterocycles. The van der Waals surface area contributed by atoms with Crippen LogP contribution in [0.4, 0.5) is 0 Å². The van der Waals surface area contributed by atoms with Crippen molar-refractivity contribution in [2.45, 2.75) is 193 Å². The van der Waals surface area contributed by atoms with E-state index in [4.69, 9.17) is 19.1 Å². The largest absolute Gasteiger partial charge is 0.472 e. The van der Waals surface area contributed by atoms with E-state index in [-0.39, 0.29) is 19.4 Å². The zero-order valence-corrected chi connectivity index (χ0v) is 33.2. The number of esters is 2. The van der Waals surface area contributed by atoms with Crippen LogP contribution >= 0.6 is 7.82 Å². The SMILES string of the molecule is CCCCCCC=CCCCCCCCCCC(=O)OCC(COP(=O)(O)OCC(O)CO)OC(=O)CCCCCCCC=CCCCCCC. The molecule has 11 heteroatoms. The van der Waals surface area contributed by atoms with E-state index in [1.165, 1.54) is 77.0 Å². The van der Waals surface area contributed by atoms with Crippen molar-refractivity contribution in [3.63, 3.8) is 0 Å². The van der Waals surface area contributed by atoms with Crippen molar-refractivity contribution < 1.29 is 47.8 Å². The number of phosphoric acid groups is 1. The highest BCUT2D eigenvalue weighted by Crippen LogP contribution is 2.43. The number of carbonyl (C=O) groups is 2. The smallest absolute Gasteiger partial charge is 0.462 e. The van der Waals surface area contributed by atoms with Crippen molar-refractivity contribution >= 4 is 19.8 Å². The Balaban J connectivity index is 4.34. The Bertz CT molecular complexity index is 910. The fourth-order valence-electron chi connectivity index (χ4n) is 5.39. The van der Waals surface area contributed by atoms with Crippen molar-refractivity contribution in [1.82, 2.24) is 0 Å². The van der Waals surface area contributed by atoms with E-state index in [0.717, 1.165) is 64.2 Å². The number of unbranched alkanes of at least 4 members (excludes halogenated alkanes) is 20. The lowest BCUT2D eigenvalue weighted by atomic mass is 10.1. The van der Waals surface area contributed by atoms with Gasteiger partial charge in [0.15, 0.2) is 6.10 Å². The topological polar surface area (TPSA) is 149 Å². The first-order valence-electron chi connectivity index (χ1n) is 20.3. The molecule has 3 N–H and O–H groups in total. The van der Waals surface area contributed by atoms with E-state index < -0.39 is 51.8 Å². The van der Waals surface area contributed by atoms with Crippen LogP contribution in [0.2, 0.25) is 0 Å². The Morgan fingerprint density at radius 3 is 1.41 bits per heavy atom. The first-order valence-corrected chi connectivity index (χ1v) is 21.8. The minimum atomic E-state index is -4.61. The molecular weight excluding hydrogens is 671 g/mol. The number of phosphoric ester groups is 1. The fraction of sp³-hybridized carbons (Fsp3) is 0.850. The summed E-state index contributed by atoms with van der Waals surface area (Å²) in [6.45, 7) is 2.33. The first-order chi connectivity index (χ1) is 24.7. The summed E-state index contributed by atoms with van der Waals surface area (Å²) in [7, 11) is -4.61. The second kappa shape index (κ2) is 36.8. The molecule has 0 radical (unpaired) electrons. The molecule has 0 aliphatic rings. The van der Waals surface area contributed by atoms with E-state index in [1.807, 2.05) is 0 Å². The quantitative estimate of drug-likeness (QED) is 0.0241. The molecule has 0 heterocycles. The van der Waals surface area contributed by atoms with Crippen LogP contribution in [-0.4, -0.2) is 65.7 Å². The number of hydrogen-bond acceptors (Lipinski definition) is 9. The third-order valence-corrected chi connectivity index (χ3v) is 9.53. The van der Waals surface area contributed by atoms with E-state index in [2.05, 4.69) is 42.7 Å². The highest BCUT2D eigenvalue weighted by molar-refractivity contribution is 7.47. The molecule has 0 amide bonds. The van der Waals surface area contributed by atoms with Crippen molar-refractivity contribution in [2.24, 2.45) is 0 Å². The number of aliphatic hydroxyl groups excluding tert-OH is 2. The maximum absolute atomic E-state index is 12.6. The van der Waals surface area contributed by atoms with E-state index >= 15 is 0 Å². The van der Waals surface area contributed by atoms with E-state index in [0.29, 0.717) is 12.8 Å². The van der Waals surface area contributed by atoms with Crippen molar-refractivity contribution in [3.05, 3.63) is 24.3 Å². The van der Waals surface area contributed by atoms with Crippen LogP contribution in [0.25, 0.3) is 0 Å². The van der Waals surface area contributed by atoms with Crippen LogP contribution in [0.15, 0.2) is 24.3 Å². The van der Waals surface area contributed by atoms with Gasteiger partial charge in [-0.25, -0.2) is 4.57 Å². The zero-order valence-electron chi connectivity index (χ0n) is 32.3. The second-order valence-corrected chi connectivity index (χ2v) is 15.1. The summed E-state index contributed by atoms with van der Waals surface area (Å²) in [6.07, 6.45) is 34.3. The van der Waals surface area contributed by atoms with Gasteiger partial charge in [-0.05, 0) is 64.2 Å². The molecule has 51 heavy (non-hydrogen) atoms. The van der Waals surface area contributed by atoms with Gasteiger partial charge in [0.1, 0.15) is 12.7 Å². The molecule has 0 aromatic rings. The summed E-state index contributed by atoms with van der Waals surface area (Å²) in [6, 6.07) is 0. The van der Waals surface area contributed by atoms with Gasteiger partial charge in [0, 0.05) is 12.8 Å². The average Bonchev–Trinajstić information content (AvgIpc) is 3.12. The van der Waals surface area contributed by atoms with Gasteiger partial charge in [-0.2, -0.15) is 0 Å². The summed E-state index contributed by atoms with van der Waals surface area (Å²) in [5.41, 5.74) is 0. The monoisotopic (exact) mass is 747 g/mol. The minimum Gasteiger partial charge on any atom is -0.462 e. The molecule has 0 aromatic carbocycles. The normalized spacial score (nSPS) is 14.2. The van der Waals surface area contributed by atoms with Gasteiger partial charge in [-0.3, -0.25) is 18.6 Å². The van der Waals surface area contributed by atoms with Crippen LogP contribution in [0.3, 0.4) is 0 Å². The maximum Gasteiger partial charge on any atom is 0.472 e. The molecule has 0 spiro atoms. The Kier molecular flexibility index (Phi) is 35.7. The van der Waals surface area contributed by atoms with Crippen molar-refractivity contribution in [3.8, 4) is 0 Å². The molecule has 0 rings (SSSR count). The van der Waals surface area contributed by atoms with Crippen LogP contribution in [0, 0.1) is 0 Å². The number of rotatable bonds is 38. The summed E-state index contributed by atoms with van der Waals surface area (Å²) >= 11 is 0. The summed E-state index contributed by atoms with van der Waals surface area (Å²) in [4.78, 5) is 34.9. The van der Waals surface area contributed by atoms with E-state index in [1.54, 1.807) is 0 Å². The number of ether oxygens (including phenoxy) is 2. The molecule has 3 atom stereocenters. The van der Waals surface area contributed by atoms with Gasteiger partial charge in [-0.1, -0.05) is 128 Å². The van der Waals surface area contributed by atoms with Gasteiger partial charge >= 0.3 is 19.8 Å². The standard InChI is InChI=1S/C40H75O10P/c1-3-5-7-9-11-13-15-17-18-20-21-23-25-27-29-31-39(43)47-35-38(36-49-51(45,46)48-34-37(42)33-41)50-40(44)32-30-28-26-24-22-19-16-14-12-10-8-6-4-2/h13-16,37-38,41-42H,3-12,17-36H2,1-2H3,(H,45,46). The molecule has 0 aliphatic heterocycles. The molecular formula is C40H75O10P. The lowest BCUT2D eigenvalue weighted by molar-refractivity contribution is -0.161. The predicted molar refractivity (Wildman–Crippen MR) is 205 cm³/mol. The van der Waals surface area contributed by atoms with Gasteiger partial charge < -0.3 is 24.6 Å². The van der Waals surface area contributed by atoms with Gasteiger partial charge in [0.05, 0.1) is 19.8 Å². The Labute approximate surface area is 310 Å². The molecule has 0 saturated heterocycles. The molecule has 3 unspecified atom stereocenters. The molecule has 10 nitrogen and oxygen atoms in total. The van der Waals surface area contributed by atoms with E-state index in [9.17, 15) is 24.2 Å². The number of allylic oxidation sites excluding steroid dienone is 4. The Hall–Kier alpha value is -1.55. The first kappa shape index (κ1) is 49.5. The molecule has 0 aliphatic carbocycles. The van der Waals surface area contributed by atoms with Gasteiger partial charge in [0.25, 0.3) is 0 Å². The molecule has 0 bridgehead atoms. The predicted octanol–water partition coefficient (Wildman–Crippen LogP) is 10.2. The molecule has 300 valence electrons. The van der Waals surface area contributed by atoms with Crippen LogP contribution in [-0.2, 0) is 32.7 Å². The summed E-state index contributed by atoms with van der Waals surface area (Å²) in [5.74, 6) is -0.938. The number of aliphatic hydroxyl groups is 2.